The smallest absolute Gasteiger partial charge is 0.306 e. The van der Waals surface area contributed by atoms with Crippen molar-refractivity contribution in [2.75, 3.05) is 13.2 Å². The Bertz CT molecular complexity index is 863. The van der Waals surface area contributed by atoms with Crippen LogP contribution in [0, 0.1) is 17.3 Å². The molecule has 2 aliphatic rings. The lowest BCUT2D eigenvalue weighted by Crippen LogP contribution is -2.38. The summed E-state index contributed by atoms with van der Waals surface area (Å²) in [6.07, 6.45) is 18.7. The van der Waals surface area contributed by atoms with Gasteiger partial charge in [0.1, 0.15) is 6.61 Å². The number of ether oxygens (including phenoxy) is 3. The summed E-state index contributed by atoms with van der Waals surface area (Å²) in [5.41, 5.74) is 0.276. The van der Waals surface area contributed by atoms with E-state index in [4.69, 9.17) is 30.2 Å². The molecule has 1 aliphatic heterocycles. The Morgan fingerprint density at radius 1 is 1.19 bits per heavy atom. The topological polar surface area (TPSA) is 74.2 Å². The van der Waals surface area contributed by atoms with Crippen molar-refractivity contribution in [3.8, 4) is 0 Å². The molecule has 0 amide bonds. The van der Waals surface area contributed by atoms with E-state index < -0.39 is 14.4 Å². The summed E-state index contributed by atoms with van der Waals surface area (Å²) in [5.74, 6) is 0.121. The second-order valence-corrected chi connectivity index (χ2v) is 19.0. The van der Waals surface area contributed by atoms with Crippen molar-refractivity contribution in [2.45, 2.75) is 147 Å². The lowest BCUT2D eigenvalue weighted by atomic mass is 9.90. The van der Waals surface area contributed by atoms with Crippen LogP contribution in [0.25, 0.3) is 0 Å². The number of hydrogen-bond acceptors (Lipinski definition) is 6. The van der Waals surface area contributed by atoms with Gasteiger partial charge in [-0.15, -0.1) is 11.6 Å². The van der Waals surface area contributed by atoms with E-state index in [2.05, 4.69) is 65.6 Å². The van der Waals surface area contributed by atoms with Crippen LogP contribution in [-0.4, -0.2) is 62.6 Å². The number of hydrogen-bond donors (Lipinski definition) is 1. The van der Waals surface area contributed by atoms with Gasteiger partial charge in [0.05, 0.1) is 12.2 Å². The monoisotopic (exact) mass is 640 g/mol. The minimum atomic E-state index is -1.72. The van der Waals surface area contributed by atoms with E-state index in [1.54, 1.807) is 6.08 Å². The molecule has 1 heterocycles. The van der Waals surface area contributed by atoms with Gasteiger partial charge in [-0.1, -0.05) is 57.7 Å². The molecule has 7 atom stereocenters. The summed E-state index contributed by atoms with van der Waals surface area (Å²) in [6.45, 7) is 18.2. The van der Waals surface area contributed by atoms with E-state index in [0.717, 1.165) is 70.4 Å². The third-order valence-electron chi connectivity index (χ3n) is 8.14. The van der Waals surface area contributed by atoms with Gasteiger partial charge in [0, 0.05) is 30.4 Å². The average molecular weight is 641 g/mol. The summed E-state index contributed by atoms with van der Waals surface area (Å²) in [6, 6.07) is 1.13. The number of esters is 1. The molecule has 43 heavy (non-hydrogen) atoms. The number of carbonyl (C=O) groups is 1. The Hall–Kier alpha value is -0.963. The van der Waals surface area contributed by atoms with E-state index in [1.165, 1.54) is 0 Å². The largest absolute Gasteiger partial charge is 0.461 e. The summed E-state index contributed by atoms with van der Waals surface area (Å²) < 4.78 is 23.9. The Labute approximate surface area is 268 Å². The van der Waals surface area contributed by atoms with Crippen LogP contribution >= 0.6 is 11.6 Å². The molecular weight excluding hydrogens is 580 g/mol. The Morgan fingerprint density at radius 2 is 1.95 bits per heavy atom. The van der Waals surface area contributed by atoms with Crippen molar-refractivity contribution in [1.29, 1.82) is 0 Å². The number of aliphatic hydroxyl groups is 1. The number of carbonyl (C=O) groups excluding carboxylic acids is 1. The SMILES string of the molecule is C=CCOC(=O)CCC/C=C\C[C@@H]1[C@@H](/C=C/[C@@H](O)CCC[C@@H](C)O[Si](C)(C)CC(C)(C)C)[C@H](OC2CCCCO2)C[C@H]1Cl. The van der Waals surface area contributed by atoms with Crippen LogP contribution in [0.4, 0.5) is 0 Å². The second-order valence-electron chi connectivity index (χ2n) is 14.3. The summed E-state index contributed by atoms with van der Waals surface area (Å²) in [4.78, 5) is 11.7. The Balaban J connectivity index is 1.91. The fourth-order valence-electron chi connectivity index (χ4n) is 6.65. The fourth-order valence-corrected chi connectivity index (χ4v) is 10.9. The van der Waals surface area contributed by atoms with Crippen LogP contribution in [0.1, 0.15) is 98.3 Å². The predicted octanol–water partition coefficient (Wildman–Crippen LogP) is 8.73. The van der Waals surface area contributed by atoms with Gasteiger partial charge in [0.25, 0.3) is 0 Å². The van der Waals surface area contributed by atoms with Crippen LogP contribution in [-0.2, 0) is 23.4 Å². The highest BCUT2D eigenvalue weighted by atomic mass is 35.5. The molecule has 2 rings (SSSR count). The van der Waals surface area contributed by atoms with E-state index in [0.29, 0.717) is 12.8 Å². The van der Waals surface area contributed by atoms with Crippen LogP contribution < -0.4 is 0 Å². The molecule has 0 aromatic heterocycles. The predicted molar refractivity (Wildman–Crippen MR) is 180 cm³/mol. The summed E-state index contributed by atoms with van der Waals surface area (Å²) in [7, 11) is -1.72. The van der Waals surface area contributed by atoms with Crippen LogP contribution in [0.5, 0.6) is 0 Å². The number of allylic oxidation sites excluding steroid dienone is 2. The Kier molecular flexibility index (Phi) is 17.4. The highest BCUT2D eigenvalue weighted by Crippen LogP contribution is 2.42. The molecule has 8 heteroatoms. The molecule has 6 nitrogen and oxygen atoms in total. The van der Waals surface area contributed by atoms with Gasteiger partial charge in [-0.05, 0) is 102 Å². The first-order chi connectivity index (χ1) is 20.3. The second kappa shape index (κ2) is 19.5. The molecule has 1 unspecified atom stereocenters. The first-order valence-electron chi connectivity index (χ1n) is 16.7. The van der Waals surface area contributed by atoms with Crippen molar-refractivity contribution < 1.29 is 28.5 Å². The zero-order chi connectivity index (χ0) is 31.9. The van der Waals surface area contributed by atoms with Gasteiger partial charge < -0.3 is 23.7 Å². The third-order valence-corrected chi connectivity index (χ3v) is 11.6. The highest BCUT2D eigenvalue weighted by molar-refractivity contribution is 6.71. The van der Waals surface area contributed by atoms with Gasteiger partial charge in [-0.3, -0.25) is 4.79 Å². The molecule has 1 saturated heterocycles. The third kappa shape index (κ3) is 16.2. The minimum Gasteiger partial charge on any atom is -0.461 e. The molecule has 1 N–H and O–H groups in total. The van der Waals surface area contributed by atoms with Crippen molar-refractivity contribution >= 4 is 25.9 Å². The van der Waals surface area contributed by atoms with E-state index in [1.807, 2.05) is 6.08 Å². The van der Waals surface area contributed by atoms with Crippen LogP contribution in [0.15, 0.2) is 37.0 Å². The van der Waals surface area contributed by atoms with Crippen molar-refractivity contribution in [3.63, 3.8) is 0 Å². The van der Waals surface area contributed by atoms with Crippen molar-refractivity contribution in [2.24, 2.45) is 17.3 Å². The quantitative estimate of drug-likeness (QED) is 0.0500. The molecule has 1 saturated carbocycles. The van der Waals surface area contributed by atoms with Crippen molar-refractivity contribution in [1.82, 2.24) is 0 Å². The standard InChI is InChI=1S/C35H61ClO6Si/c1-8-23-39-33(38)19-12-10-9-11-18-29-30(32(25-31(29)36)41-34-20-13-14-24-40-34)22-21-28(37)17-15-16-27(2)42-43(6,7)26-35(3,4)5/h8-9,11,21-22,27-32,34,37H,1,10,12-20,23-26H2,2-7H3/b11-9-,22-21+/t27-,28+,29-,30-,31-,32-,34?/m1/s1. The normalized spacial score (nSPS) is 26.7. The van der Waals surface area contributed by atoms with E-state index in [9.17, 15) is 9.90 Å². The summed E-state index contributed by atoms with van der Waals surface area (Å²) >= 11 is 6.91. The number of alkyl halides is 1. The maximum atomic E-state index is 11.7. The van der Waals surface area contributed by atoms with E-state index in [-0.39, 0.29) is 53.7 Å². The molecule has 0 aromatic rings. The first kappa shape index (κ1) is 38.2. The molecular formula is C35H61ClO6Si. The minimum absolute atomic E-state index is 0.0162. The number of aliphatic hydroxyl groups excluding tert-OH is 1. The average Bonchev–Trinajstić information content (AvgIpc) is 3.20. The maximum Gasteiger partial charge on any atom is 0.306 e. The summed E-state index contributed by atoms with van der Waals surface area (Å²) in [5, 5.41) is 10.8. The zero-order valence-corrected chi connectivity index (χ0v) is 29.7. The lowest BCUT2D eigenvalue weighted by molar-refractivity contribution is -0.192. The molecule has 0 bridgehead atoms. The molecule has 0 aromatic carbocycles. The van der Waals surface area contributed by atoms with Gasteiger partial charge in [0.15, 0.2) is 14.6 Å². The lowest BCUT2D eigenvalue weighted by Gasteiger charge is -2.33. The van der Waals surface area contributed by atoms with Crippen LogP contribution in [0.3, 0.4) is 0 Å². The highest BCUT2D eigenvalue weighted by Gasteiger charge is 2.42. The maximum absolute atomic E-state index is 11.7. The molecule has 0 spiro atoms. The molecule has 0 radical (unpaired) electrons. The number of halogens is 1. The Morgan fingerprint density at radius 3 is 2.63 bits per heavy atom. The van der Waals surface area contributed by atoms with Gasteiger partial charge in [0.2, 0.25) is 0 Å². The van der Waals surface area contributed by atoms with Crippen LogP contribution in [0.2, 0.25) is 19.1 Å². The molecule has 248 valence electrons. The van der Waals surface area contributed by atoms with Gasteiger partial charge in [-0.25, -0.2) is 0 Å². The van der Waals surface area contributed by atoms with E-state index >= 15 is 0 Å². The fraction of sp³-hybridized carbons (Fsp3) is 0.800. The van der Waals surface area contributed by atoms with Gasteiger partial charge in [-0.2, -0.15) is 0 Å². The van der Waals surface area contributed by atoms with Crippen molar-refractivity contribution in [3.05, 3.63) is 37.0 Å². The molecule has 2 fully saturated rings. The molecule has 1 aliphatic carbocycles. The number of unbranched alkanes of at least 4 members (excludes halogenated alkanes) is 1. The zero-order valence-electron chi connectivity index (χ0n) is 27.9. The van der Waals surface area contributed by atoms with Gasteiger partial charge >= 0.3 is 5.97 Å². The first-order valence-corrected chi connectivity index (χ1v) is 20.2. The number of rotatable bonds is 19.